The van der Waals surface area contributed by atoms with E-state index in [1.807, 2.05) is 19.1 Å². The number of carbonyl (C=O) groups is 1. The molecule has 1 saturated heterocycles. The fraction of sp³-hybridized carbons (Fsp3) is 0.579. The van der Waals surface area contributed by atoms with E-state index in [9.17, 15) is 4.79 Å². The molecule has 25 heavy (non-hydrogen) atoms. The third kappa shape index (κ3) is 3.55. The fourth-order valence-corrected chi connectivity index (χ4v) is 4.06. The number of amides is 1. The van der Waals surface area contributed by atoms with Gasteiger partial charge in [-0.1, -0.05) is 12.8 Å². The van der Waals surface area contributed by atoms with Gasteiger partial charge in [0, 0.05) is 32.1 Å². The van der Waals surface area contributed by atoms with Gasteiger partial charge in [0.05, 0.1) is 18.8 Å². The number of carbonyl (C=O) groups excluding carboxylic acids is 1. The summed E-state index contributed by atoms with van der Waals surface area (Å²) in [4.78, 5) is 19.6. The van der Waals surface area contributed by atoms with E-state index in [1.165, 1.54) is 12.8 Å². The van der Waals surface area contributed by atoms with Crippen LogP contribution in [0.5, 0.6) is 0 Å². The van der Waals surface area contributed by atoms with Crippen LogP contribution in [0.3, 0.4) is 0 Å². The van der Waals surface area contributed by atoms with Crippen LogP contribution in [0.1, 0.15) is 41.9 Å². The summed E-state index contributed by atoms with van der Waals surface area (Å²) in [5.74, 6) is 0.596. The van der Waals surface area contributed by atoms with E-state index in [0.29, 0.717) is 17.0 Å². The lowest BCUT2D eigenvalue weighted by Gasteiger charge is -2.37. The zero-order valence-electron chi connectivity index (χ0n) is 14.7. The van der Waals surface area contributed by atoms with Crippen molar-refractivity contribution in [3.05, 3.63) is 29.7 Å². The van der Waals surface area contributed by atoms with Gasteiger partial charge in [-0.25, -0.2) is 4.98 Å². The first kappa shape index (κ1) is 16.5. The highest BCUT2D eigenvalue weighted by atomic mass is 16.5. The van der Waals surface area contributed by atoms with Crippen LogP contribution >= 0.6 is 0 Å². The molecule has 0 unspecified atom stereocenters. The average Bonchev–Trinajstić information content (AvgIpc) is 3.20. The van der Waals surface area contributed by atoms with E-state index in [0.717, 1.165) is 51.2 Å². The smallest absolute Gasteiger partial charge is 0.251 e. The number of nitrogens with one attached hydrogen (secondary N) is 1. The number of aryl methyl sites for hydroxylation is 1. The van der Waals surface area contributed by atoms with Crippen molar-refractivity contribution in [2.45, 2.75) is 38.1 Å². The maximum absolute atomic E-state index is 12.9. The van der Waals surface area contributed by atoms with E-state index in [4.69, 9.17) is 9.15 Å². The maximum atomic E-state index is 12.9. The molecule has 1 N–H and O–H groups in total. The number of aromatic nitrogens is 1. The zero-order chi connectivity index (χ0) is 17.3. The number of hydrogen-bond donors (Lipinski definition) is 1. The van der Waals surface area contributed by atoms with Gasteiger partial charge in [-0.2, -0.15) is 0 Å². The Kier molecular flexibility index (Phi) is 4.48. The molecular formula is C19H25N3O3. The molecule has 0 spiro atoms. The third-order valence-electron chi connectivity index (χ3n) is 5.33. The molecule has 0 atom stereocenters. The second-order valence-electron chi connectivity index (χ2n) is 7.25. The molecule has 1 aromatic heterocycles. The van der Waals surface area contributed by atoms with Gasteiger partial charge in [-0.15, -0.1) is 0 Å². The van der Waals surface area contributed by atoms with Crippen molar-refractivity contribution in [1.29, 1.82) is 0 Å². The minimum absolute atomic E-state index is 0.0221. The molecule has 2 aromatic rings. The molecule has 6 heteroatoms. The van der Waals surface area contributed by atoms with Crippen molar-refractivity contribution in [2.24, 2.45) is 0 Å². The number of benzene rings is 1. The summed E-state index contributed by atoms with van der Waals surface area (Å²) in [5, 5.41) is 3.34. The SMILES string of the molecule is Cc1nc2ccc(C(=O)NC3(CN4CCOCC4)CCCC3)cc2o1. The number of hydrogen-bond acceptors (Lipinski definition) is 5. The summed E-state index contributed by atoms with van der Waals surface area (Å²) >= 11 is 0. The van der Waals surface area contributed by atoms with E-state index in [-0.39, 0.29) is 11.4 Å². The molecular weight excluding hydrogens is 318 g/mol. The Bertz CT molecular complexity index is 758. The molecule has 4 rings (SSSR count). The molecule has 1 aliphatic carbocycles. The first-order valence-electron chi connectivity index (χ1n) is 9.13. The summed E-state index contributed by atoms with van der Waals surface area (Å²) in [6.45, 7) is 6.18. The normalized spacial score (nSPS) is 20.8. The molecule has 1 aromatic carbocycles. The van der Waals surface area contributed by atoms with Crippen LogP contribution in [-0.2, 0) is 4.74 Å². The Morgan fingerprint density at radius 3 is 2.80 bits per heavy atom. The van der Waals surface area contributed by atoms with Crippen LogP contribution in [0.4, 0.5) is 0 Å². The predicted molar refractivity (Wildman–Crippen MR) is 94.7 cm³/mol. The first-order chi connectivity index (χ1) is 12.1. The van der Waals surface area contributed by atoms with Gasteiger partial charge in [0.2, 0.25) is 0 Å². The van der Waals surface area contributed by atoms with Gasteiger partial charge >= 0.3 is 0 Å². The first-order valence-corrected chi connectivity index (χ1v) is 9.13. The molecule has 0 bridgehead atoms. The monoisotopic (exact) mass is 343 g/mol. The van der Waals surface area contributed by atoms with Gasteiger partial charge in [0.15, 0.2) is 11.5 Å². The van der Waals surface area contributed by atoms with E-state index < -0.39 is 0 Å². The Hall–Kier alpha value is -1.92. The summed E-state index contributed by atoms with van der Waals surface area (Å²) in [5.41, 5.74) is 1.97. The number of ether oxygens (including phenoxy) is 1. The Morgan fingerprint density at radius 1 is 1.28 bits per heavy atom. The van der Waals surface area contributed by atoms with Crippen molar-refractivity contribution in [3.8, 4) is 0 Å². The van der Waals surface area contributed by atoms with Gasteiger partial charge in [-0.05, 0) is 31.0 Å². The van der Waals surface area contributed by atoms with E-state index in [1.54, 1.807) is 6.07 Å². The van der Waals surface area contributed by atoms with Crippen LogP contribution in [0.15, 0.2) is 22.6 Å². The Balaban J connectivity index is 1.51. The highest BCUT2D eigenvalue weighted by Crippen LogP contribution is 2.31. The van der Waals surface area contributed by atoms with Crippen LogP contribution < -0.4 is 5.32 Å². The minimum atomic E-state index is -0.124. The quantitative estimate of drug-likeness (QED) is 0.924. The molecule has 2 fully saturated rings. The van der Waals surface area contributed by atoms with Crippen molar-refractivity contribution in [2.75, 3.05) is 32.8 Å². The molecule has 134 valence electrons. The van der Waals surface area contributed by atoms with Crippen molar-refractivity contribution < 1.29 is 13.9 Å². The number of rotatable bonds is 4. The lowest BCUT2D eigenvalue weighted by molar-refractivity contribution is 0.0238. The van der Waals surface area contributed by atoms with E-state index >= 15 is 0 Å². The maximum Gasteiger partial charge on any atom is 0.251 e. The number of oxazole rings is 1. The van der Waals surface area contributed by atoms with Gasteiger partial charge in [0.25, 0.3) is 5.91 Å². The lowest BCUT2D eigenvalue weighted by Crippen LogP contribution is -2.55. The average molecular weight is 343 g/mol. The standard InChI is InChI=1S/C19H25N3O3/c1-14-20-16-5-4-15(12-17(16)25-14)18(23)21-19(6-2-3-7-19)13-22-8-10-24-11-9-22/h4-5,12H,2-3,6-11,13H2,1H3,(H,21,23). The van der Waals surface area contributed by atoms with Crippen molar-refractivity contribution in [1.82, 2.24) is 15.2 Å². The number of fused-ring (bicyclic) bond motifs is 1. The molecule has 1 aliphatic heterocycles. The number of nitrogens with zero attached hydrogens (tertiary/aromatic N) is 2. The van der Waals surface area contributed by atoms with Gasteiger partial charge in [-0.3, -0.25) is 9.69 Å². The Labute approximate surface area is 147 Å². The van der Waals surface area contributed by atoms with Crippen LogP contribution in [0.2, 0.25) is 0 Å². The van der Waals surface area contributed by atoms with E-state index in [2.05, 4.69) is 15.2 Å². The minimum Gasteiger partial charge on any atom is -0.441 e. The zero-order valence-corrected chi connectivity index (χ0v) is 14.7. The van der Waals surface area contributed by atoms with Gasteiger partial charge in [0.1, 0.15) is 5.52 Å². The van der Waals surface area contributed by atoms with Crippen molar-refractivity contribution >= 4 is 17.0 Å². The number of morpholine rings is 1. The van der Waals surface area contributed by atoms with Crippen molar-refractivity contribution in [3.63, 3.8) is 0 Å². The summed E-state index contributed by atoms with van der Waals surface area (Å²) in [6, 6.07) is 5.48. The highest BCUT2D eigenvalue weighted by Gasteiger charge is 2.37. The molecule has 2 heterocycles. The fourth-order valence-electron chi connectivity index (χ4n) is 4.06. The van der Waals surface area contributed by atoms with Crippen LogP contribution in [-0.4, -0.2) is 54.2 Å². The summed E-state index contributed by atoms with van der Waals surface area (Å²) in [7, 11) is 0. The molecule has 1 amide bonds. The predicted octanol–water partition coefficient (Wildman–Crippen LogP) is 2.51. The van der Waals surface area contributed by atoms with Gasteiger partial charge < -0.3 is 14.5 Å². The summed E-state index contributed by atoms with van der Waals surface area (Å²) < 4.78 is 11.0. The molecule has 0 radical (unpaired) electrons. The molecule has 1 saturated carbocycles. The van der Waals surface area contributed by atoms with Crippen LogP contribution in [0.25, 0.3) is 11.1 Å². The molecule has 2 aliphatic rings. The molecule has 6 nitrogen and oxygen atoms in total. The summed E-state index contributed by atoms with van der Waals surface area (Å²) in [6.07, 6.45) is 4.43. The largest absolute Gasteiger partial charge is 0.441 e. The third-order valence-corrected chi connectivity index (χ3v) is 5.33. The topological polar surface area (TPSA) is 67.6 Å². The highest BCUT2D eigenvalue weighted by molar-refractivity contribution is 5.97. The second-order valence-corrected chi connectivity index (χ2v) is 7.25. The lowest BCUT2D eigenvalue weighted by atomic mass is 9.95. The second kappa shape index (κ2) is 6.77. The Morgan fingerprint density at radius 2 is 2.04 bits per heavy atom. The van der Waals surface area contributed by atoms with Crippen LogP contribution in [0, 0.1) is 6.92 Å².